The number of anilines is 2. The first kappa shape index (κ1) is 13.8. The monoisotopic (exact) mass is 294 g/mol. The Morgan fingerprint density at radius 1 is 1.42 bits per heavy atom. The number of halogens is 1. The molecule has 0 aliphatic carbocycles. The van der Waals surface area contributed by atoms with Crippen LogP contribution in [0.15, 0.2) is 18.2 Å². The van der Waals surface area contributed by atoms with E-state index in [-0.39, 0.29) is 0 Å². The molecule has 2 aromatic rings. The summed E-state index contributed by atoms with van der Waals surface area (Å²) in [7, 11) is 1.84. The van der Waals surface area contributed by atoms with Crippen LogP contribution < -0.4 is 11.1 Å². The van der Waals surface area contributed by atoms with Gasteiger partial charge < -0.3 is 11.1 Å². The predicted octanol–water partition coefficient (Wildman–Crippen LogP) is 3.07. The summed E-state index contributed by atoms with van der Waals surface area (Å²) in [6, 6.07) is 5.77. The molecule has 2 rings (SSSR count). The van der Waals surface area contributed by atoms with E-state index >= 15 is 0 Å². The molecule has 1 aromatic heterocycles. The van der Waals surface area contributed by atoms with Gasteiger partial charge in [-0.25, -0.2) is 0 Å². The van der Waals surface area contributed by atoms with E-state index < -0.39 is 0 Å². The average Bonchev–Trinajstić information content (AvgIpc) is 2.59. The van der Waals surface area contributed by atoms with Crippen molar-refractivity contribution in [3.63, 3.8) is 0 Å². The van der Waals surface area contributed by atoms with Crippen molar-refractivity contribution in [3.8, 4) is 0 Å². The van der Waals surface area contributed by atoms with Gasteiger partial charge in [-0.15, -0.1) is 0 Å². The van der Waals surface area contributed by atoms with Gasteiger partial charge in [0, 0.05) is 17.8 Å². The van der Waals surface area contributed by atoms with Crippen LogP contribution in [0.5, 0.6) is 0 Å². The van der Waals surface area contributed by atoms with E-state index in [0.717, 1.165) is 28.3 Å². The second-order valence-electron chi connectivity index (χ2n) is 4.39. The van der Waals surface area contributed by atoms with Crippen molar-refractivity contribution in [3.05, 3.63) is 40.0 Å². The highest BCUT2D eigenvalue weighted by Gasteiger charge is 2.15. The highest BCUT2D eigenvalue weighted by atomic mass is 35.5. The summed E-state index contributed by atoms with van der Waals surface area (Å²) >= 11 is 11.2. The maximum atomic E-state index is 6.11. The standard InChI is InChI=1S/C13H15ClN4S/c1-7-4-5-9(6-10(7)14)16-13-11(12(15)19)8(2)17-18(13)3/h4-6,16H,1-3H3,(H2,15,19). The lowest BCUT2D eigenvalue weighted by molar-refractivity contribution is 0.765. The van der Waals surface area contributed by atoms with Gasteiger partial charge in [-0.2, -0.15) is 5.10 Å². The number of aryl methyl sites for hydroxylation is 3. The fourth-order valence-corrected chi connectivity index (χ4v) is 2.33. The maximum absolute atomic E-state index is 6.11. The maximum Gasteiger partial charge on any atom is 0.138 e. The Morgan fingerprint density at radius 2 is 2.11 bits per heavy atom. The second-order valence-corrected chi connectivity index (χ2v) is 5.23. The lowest BCUT2D eigenvalue weighted by Gasteiger charge is -2.10. The zero-order valence-electron chi connectivity index (χ0n) is 11.0. The molecule has 0 radical (unpaired) electrons. The smallest absolute Gasteiger partial charge is 0.138 e. The minimum atomic E-state index is 0.325. The summed E-state index contributed by atoms with van der Waals surface area (Å²) in [6.45, 7) is 3.84. The van der Waals surface area contributed by atoms with E-state index in [1.165, 1.54) is 0 Å². The Kier molecular flexibility index (Phi) is 3.78. The van der Waals surface area contributed by atoms with Crippen molar-refractivity contribution < 1.29 is 0 Å². The van der Waals surface area contributed by atoms with Gasteiger partial charge in [0.25, 0.3) is 0 Å². The van der Waals surface area contributed by atoms with E-state index in [9.17, 15) is 0 Å². The van der Waals surface area contributed by atoms with Gasteiger partial charge in [-0.05, 0) is 31.5 Å². The lowest BCUT2D eigenvalue weighted by atomic mass is 10.2. The molecule has 0 fully saturated rings. The van der Waals surface area contributed by atoms with Gasteiger partial charge in [0.15, 0.2) is 0 Å². The lowest BCUT2D eigenvalue weighted by Crippen LogP contribution is -2.13. The summed E-state index contributed by atoms with van der Waals surface area (Å²) < 4.78 is 1.72. The van der Waals surface area contributed by atoms with Crippen LogP contribution in [0.25, 0.3) is 0 Å². The SMILES string of the molecule is Cc1ccc(Nc2c(C(N)=S)c(C)nn2C)cc1Cl. The first-order valence-electron chi connectivity index (χ1n) is 5.76. The van der Waals surface area contributed by atoms with Crippen LogP contribution in [0, 0.1) is 13.8 Å². The number of nitrogens with zero attached hydrogens (tertiary/aromatic N) is 2. The van der Waals surface area contributed by atoms with Crippen molar-refractivity contribution in [2.75, 3.05) is 5.32 Å². The molecule has 6 heteroatoms. The second kappa shape index (κ2) is 5.19. The first-order valence-corrected chi connectivity index (χ1v) is 6.55. The number of nitrogens with one attached hydrogen (secondary N) is 1. The molecule has 1 aromatic carbocycles. The summed E-state index contributed by atoms with van der Waals surface area (Å²) in [6.07, 6.45) is 0. The van der Waals surface area contributed by atoms with Gasteiger partial charge in [0.2, 0.25) is 0 Å². The first-order chi connectivity index (χ1) is 8.90. The van der Waals surface area contributed by atoms with Crippen molar-refractivity contribution in [1.82, 2.24) is 9.78 Å². The molecule has 3 N–H and O–H groups in total. The fourth-order valence-electron chi connectivity index (χ4n) is 1.90. The van der Waals surface area contributed by atoms with E-state index in [1.54, 1.807) is 4.68 Å². The van der Waals surface area contributed by atoms with Crippen molar-refractivity contribution in [2.24, 2.45) is 12.8 Å². The van der Waals surface area contributed by atoms with Gasteiger partial charge in [0.05, 0.1) is 11.3 Å². The molecule has 0 aliphatic heterocycles. The van der Waals surface area contributed by atoms with Crippen molar-refractivity contribution in [2.45, 2.75) is 13.8 Å². The van der Waals surface area contributed by atoms with Crippen LogP contribution in [0.4, 0.5) is 11.5 Å². The van der Waals surface area contributed by atoms with E-state index in [4.69, 9.17) is 29.6 Å². The minimum absolute atomic E-state index is 0.325. The molecule has 0 saturated heterocycles. The number of benzene rings is 1. The molecular weight excluding hydrogens is 280 g/mol. The fraction of sp³-hybridized carbons (Fsp3) is 0.231. The highest BCUT2D eigenvalue weighted by molar-refractivity contribution is 7.80. The Labute approximate surface area is 122 Å². The van der Waals surface area contributed by atoms with Gasteiger partial charge in [-0.3, -0.25) is 4.68 Å². The van der Waals surface area contributed by atoms with E-state index in [0.29, 0.717) is 10.0 Å². The van der Waals surface area contributed by atoms with Crippen LogP contribution in [-0.2, 0) is 7.05 Å². The molecule has 0 atom stereocenters. The highest BCUT2D eigenvalue weighted by Crippen LogP contribution is 2.26. The van der Waals surface area contributed by atoms with Gasteiger partial charge >= 0.3 is 0 Å². The molecule has 4 nitrogen and oxygen atoms in total. The third-order valence-electron chi connectivity index (χ3n) is 2.90. The Morgan fingerprint density at radius 3 is 2.68 bits per heavy atom. The molecule has 0 spiro atoms. The summed E-state index contributed by atoms with van der Waals surface area (Å²) in [5, 5.41) is 8.29. The quantitative estimate of drug-likeness (QED) is 0.854. The van der Waals surface area contributed by atoms with E-state index in [1.807, 2.05) is 39.1 Å². The van der Waals surface area contributed by atoms with Crippen LogP contribution in [0.3, 0.4) is 0 Å². The van der Waals surface area contributed by atoms with Crippen LogP contribution >= 0.6 is 23.8 Å². The molecule has 0 aliphatic rings. The minimum Gasteiger partial charge on any atom is -0.389 e. The summed E-state index contributed by atoms with van der Waals surface area (Å²) in [5.74, 6) is 0.768. The van der Waals surface area contributed by atoms with Crippen LogP contribution in [0.1, 0.15) is 16.8 Å². The van der Waals surface area contributed by atoms with Crippen molar-refractivity contribution >= 4 is 40.3 Å². The topological polar surface area (TPSA) is 55.9 Å². The molecular formula is C13H15ClN4S. The number of hydrogen-bond acceptors (Lipinski definition) is 3. The third-order valence-corrected chi connectivity index (χ3v) is 3.51. The molecule has 0 bridgehead atoms. The predicted molar refractivity (Wildman–Crippen MR) is 83.3 cm³/mol. The molecule has 0 saturated carbocycles. The zero-order valence-corrected chi connectivity index (χ0v) is 12.6. The number of aromatic nitrogens is 2. The van der Waals surface area contributed by atoms with E-state index in [2.05, 4.69) is 10.4 Å². The van der Waals surface area contributed by atoms with Crippen LogP contribution in [0.2, 0.25) is 5.02 Å². The molecule has 100 valence electrons. The Bertz CT molecular complexity index is 648. The average molecular weight is 295 g/mol. The molecule has 1 heterocycles. The molecule has 19 heavy (non-hydrogen) atoms. The number of rotatable bonds is 3. The molecule has 0 amide bonds. The number of hydrogen-bond donors (Lipinski definition) is 2. The summed E-state index contributed by atoms with van der Waals surface area (Å²) in [5.41, 5.74) is 9.21. The molecule has 0 unspecified atom stereocenters. The largest absolute Gasteiger partial charge is 0.389 e. The van der Waals surface area contributed by atoms with Gasteiger partial charge in [0.1, 0.15) is 10.8 Å². The third kappa shape index (κ3) is 2.72. The summed E-state index contributed by atoms with van der Waals surface area (Å²) in [4.78, 5) is 0.325. The van der Waals surface area contributed by atoms with Gasteiger partial charge in [-0.1, -0.05) is 29.9 Å². The number of thiocarbonyl (C=S) groups is 1. The van der Waals surface area contributed by atoms with Crippen LogP contribution in [-0.4, -0.2) is 14.8 Å². The van der Waals surface area contributed by atoms with Crippen molar-refractivity contribution in [1.29, 1.82) is 0 Å². The Hall–Kier alpha value is -1.59. The number of nitrogens with two attached hydrogens (primary N) is 1. The normalized spacial score (nSPS) is 10.5. The Balaban J connectivity index is 2.43. The zero-order chi connectivity index (χ0) is 14.2.